The third-order valence-corrected chi connectivity index (χ3v) is 5.59. The molecule has 2 saturated heterocycles. The first-order valence-electron chi connectivity index (χ1n) is 10.6. The second-order valence-corrected chi connectivity index (χ2v) is 7.80. The molecule has 2 aliphatic rings. The summed E-state index contributed by atoms with van der Waals surface area (Å²) in [7, 11) is 0. The molecule has 8 heteroatoms. The lowest BCUT2D eigenvalue weighted by atomic mass is 10.1. The van der Waals surface area contributed by atoms with E-state index in [2.05, 4.69) is 0 Å². The number of carbonyl (C=O) groups is 4. The molecule has 4 rings (SSSR count). The number of esters is 1. The van der Waals surface area contributed by atoms with Crippen LogP contribution in [-0.2, 0) is 19.2 Å². The molecule has 3 amide bonds. The van der Waals surface area contributed by atoms with Gasteiger partial charge in [0, 0.05) is 25.8 Å². The van der Waals surface area contributed by atoms with Gasteiger partial charge in [0.15, 0.2) is 0 Å². The van der Waals surface area contributed by atoms with Crippen molar-refractivity contribution in [2.45, 2.75) is 33.1 Å². The molecule has 0 N–H and O–H groups in total. The number of hydrogen-bond donors (Lipinski definition) is 0. The number of amides is 3. The molecule has 2 heterocycles. The Hall–Kier alpha value is -3.68. The third kappa shape index (κ3) is 4.08. The molecule has 166 valence electrons. The average molecular weight is 436 g/mol. The molecule has 0 bridgehead atoms. The highest BCUT2D eigenvalue weighted by Gasteiger charge is 2.37. The molecule has 8 nitrogen and oxygen atoms in total. The van der Waals surface area contributed by atoms with Gasteiger partial charge in [0.05, 0.1) is 23.9 Å². The summed E-state index contributed by atoms with van der Waals surface area (Å²) in [4.78, 5) is 52.1. The summed E-state index contributed by atoms with van der Waals surface area (Å²) in [6.07, 6.45) is 0.453. The molecule has 0 spiro atoms. The molecule has 2 fully saturated rings. The number of aryl methyl sites for hydroxylation is 1. The van der Waals surface area contributed by atoms with Crippen molar-refractivity contribution < 1.29 is 28.7 Å². The predicted octanol–water partition coefficient (Wildman–Crippen LogP) is 3.01. The zero-order valence-electron chi connectivity index (χ0n) is 18.0. The summed E-state index contributed by atoms with van der Waals surface area (Å²) in [6, 6.07) is 12.0. The molecule has 2 aliphatic heterocycles. The Bertz CT molecular complexity index is 1080. The van der Waals surface area contributed by atoms with Crippen LogP contribution in [0.4, 0.5) is 11.4 Å². The van der Waals surface area contributed by atoms with Gasteiger partial charge in [-0.3, -0.25) is 24.1 Å². The minimum absolute atomic E-state index is 0.0487. The molecule has 0 radical (unpaired) electrons. The first-order chi connectivity index (χ1) is 15.4. The Morgan fingerprint density at radius 3 is 2.41 bits per heavy atom. The number of imide groups is 1. The van der Waals surface area contributed by atoms with Crippen LogP contribution in [0.5, 0.6) is 11.5 Å². The number of benzene rings is 2. The van der Waals surface area contributed by atoms with Crippen LogP contribution < -0.4 is 19.3 Å². The van der Waals surface area contributed by atoms with Crippen LogP contribution in [0.3, 0.4) is 0 Å². The van der Waals surface area contributed by atoms with Crippen LogP contribution in [0.1, 0.15) is 31.7 Å². The van der Waals surface area contributed by atoms with Crippen LogP contribution >= 0.6 is 0 Å². The lowest BCUT2D eigenvalue weighted by Crippen LogP contribution is -2.29. The topological polar surface area (TPSA) is 93.2 Å². The predicted molar refractivity (Wildman–Crippen MR) is 117 cm³/mol. The number of anilines is 2. The summed E-state index contributed by atoms with van der Waals surface area (Å²) in [5.41, 5.74) is 1.77. The zero-order chi connectivity index (χ0) is 22.8. The van der Waals surface area contributed by atoms with E-state index < -0.39 is 11.9 Å². The minimum atomic E-state index is -0.612. The van der Waals surface area contributed by atoms with Gasteiger partial charge in [-0.2, -0.15) is 0 Å². The monoisotopic (exact) mass is 436 g/mol. The van der Waals surface area contributed by atoms with Crippen molar-refractivity contribution in [2.24, 2.45) is 5.92 Å². The van der Waals surface area contributed by atoms with Crippen LogP contribution in [0.2, 0.25) is 0 Å². The van der Waals surface area contributed by atoms with Crippen molar-refractivity contribution in [1.82, 2.24) is 0 Å². The van der Waals surface area contributed by atoms with E-state index in [1.807, 2.05) is 19.1 Å². The highest BCUT2D eigenvalue weighted by atomic mass is 16.5. The van der Waals surface area contributed by atoms with Crippen molar-refractivity contribution in [1.29, 1.82) is 0 Å². The van der Waals surface area contributed by atoms with Gasteiger partial charge in [0.2, 0.25) is 17.7 Å². The van der Waals surface area contributed by atoms with E-state index in [0.29, 0.717) is 35.0 Å². The Morgan fingerprint density at radius 1 is 1.00 bits per heavy atom. The first kappa shape index (κ1) is 21.5. The van der Waals surface area contributed by atoms with Crippen LogP contribution in [0, 0.1) is 12.8 Å². The maximum absolute atomic E-state index is 12.8. The molecular formula is C24H24N2O6. The number of para-hydroxylation sites is 2. The van der Waals surface area contributed by atoms with E-state index >= 15 is 0 Å². The van der Waals surface area contributed by atoms with E-state index in [-0.39, 0.29) is 43.5 Å². The van der Waals surface area contributed by atoms with Gasteiger partial charge in [-0.15, -0.1) is 0 Å². The fraction of sp³-hybridized carbons (Fsp3) is 0.333. The van der Waals surface area contributed by atoms with Crippen molar-refractivity contribution >= 4 is 35.1 Å². The van der Waals surface area contributed by atoms with Crippen LogP contribution in [-0.4, -0.2) is 36.8 Å². The van der Waals surface area contributed by atoms with Crippen molar-refractivity contribution in [2.75, 3.05) is 23.0 Å². The Kier molecular flexibility index (Phi) is 5.94. The Labute approximate surface area is 185 Å². The van der Waals surface area contributed by atoms with E-state index in [9.17, 15) is 19.2 Å². The smallest absolute Gasteiger partial charge is 0.316 e. The van der Waals surface area contributed by atoms with Gasteiger partial charge in [0.25, 0.3) is 0 Å². The van der Waals surface area contributed by atoms with Crippen LogP contribution in [0.25, 0.3) is 0 Å². The third-order valence-electron chi connectivity index (χ3n) is 5.59. The molecule has 0 saturated carbocycles. The Morgan fingerprint density at radius 2 is 1.72 bits per heavy atom. The molecule has 2 aromatic rings. The lowest BCUT2D eigenvalue weighted by molar-refractivity contribution is -0.139. The number of carbonyl (C=O) groups excluding carboxylic acids is 4. The molecule has 1 atom stereocenters. The minimum Gasteiger partial charge on any atom is -0.492 e. The second kappa shape index (κ2) is 8.82. The second-order valence-electron chi connectivity index (χ2n) is 7.80. The van der Waals surface area contributed by atoms with Gasteiger partial charge < -0.3 is 14.4 Å². The quantitative estimate of drug-likeness (QED) is 0.393. The Balaban J connectivity index is 1.46. The van der Waals surface area contributed by atoms with Crippen molar-refractivity contribution in [3.05, 3.63) is 48.0 Å². The largest absolute Gasteiger partial charge is 0.492 e. The molecule has 2 aromatic carbocycles. The van der Waals surface area contributed by atoms with E-state index in [1.54, 1.807) is 42.2 Å². The van der Waals surface area contributed by atoms with E-state index in [0.717, 1.165) is 0 Å². The number of ether oxygens (including phenoxy) is 2. The summed E-state index contributed by atoms with van der Waals surface area (Å²) < 4.78 is 11.1. The highest BCUT2D eigenvalue weighted by Crippen LogP contribution is 2.34. The summed E-state index contributed by atoms with van der Waals surface area (Å²) >= 11 is 0. The molecule has 32 heavy (non-hydrogen) atoms. The van der Waals surface area contributed by atoms with Gasteiger partial charge >= 0.3 is 5.97 Å². The molecule has 0 unspecified atom stereocenters. The number of rotatable bonds is 6. The number of nitrogens with zero attached hydrogens (tertiary/aromatic N) is 2. The molecule has 0 aromatic heterocycles. The highest BCUT2D eigenvalue weighted by molar-refractivity contribution is 6.20. The normalized spacial score (nSPS) is 18.4. The number of hydrogen-bond acceptors (Lipinski definition) is 6. The lowest BCUT2D eigenvalue weighted by Gasteiger charge is -2.20. The SMILES string of the molecule is CCOc1ccccc1N1C[C@@H](C(=O)Oc2ccc(N3C(=O)CCC3=O)c(C)c2)CC1=O. The zero-order valence-corrected chi connectivity index (χ0v) is 18.0. The van der Waals surface area contributed by atoms with E-state index in [1.165, 1.54) is 4.90 Å². The summed E-state index contributed by atoms with van der Waals surface area (Å²) in [5.74, 6) is -0.865. The van der Waals surface area contributed by atoms with Crippen molar-refractivity contribution in [3.63, 3.8) is 0 Å². The summed E-state index contributed by atoms with van der Waals surface area (Å²) in [6.45, 7) is 4.28. The molecular weight excluding hydrogens is 412 g/mol. The molecule has 0 aliphatic carbocycles. The van der Waals surface area contributed by atoms with E-state index in [4.69, 9.17) is 9.47 Å². The average Bonchev–Trinajstić information content (AvgIpc) is 3.31. The fourth-order valence-corrected chi connectivity index (χ4v) is 4.04. The van der Waals surface area contributed by atoms with Crippen molar-refractivity contribution in [3.8, 4) is 11.5 Å². The van der Waals surface area contributed by atoms with Gasteiger partial charge in [0.1, 0.15) is 11.5 Å². The van der Waals surface area contributed by atoms with Gasteiger partial charge in [-0.05, 0) is 49.7 Å². The summed E-state index contributed by atoms with van der Waals surface area (Å²) in [5, 5.41) is 0. The maximum Gasteiger partial charge on any atom is 0.316 e. The van der Waals surface area contributed by atoms with Gasteiger partial charge in [-0.25, -0.2) is 0 Å². The fourth-order valence-electron chi connectivity index (χ4n) is 4.04. The first-order valence-corrected chi connectivity index (χ1v) is 10.6. The van der Waals surface area contributed by atoms with Gasteiger partial charge in [-0.1, -0.05) is 12.1 Å². The maximum atomic E-state index is 12.8. The standard InChI is InChI=1S/C24H24N2O6/c1-3-31-20-7-5-4-6-19(20)25-14-16(13-23(25)29)24(30)32-17-8-9-18(15(2)12-17)26-21(27)10-11-22(26)28/h4-9,12,16H,3,10-11,13-14H2,1-2H3/t16-/m0/s1. The van der Waals surface area contributed by atoms with Crippen LogP contribution in [0.15, 0.2) is 42.5 Å².